The number of benzene rings is 1. The smallest absolute Gasteiger partial charge is 0.228 e. The molecule has 0 unspecified atom stereocenters. The zero-order valence-corrected chi connectivity index (χ0v) is 14.9. The Bertz CT molecular complexity index is 850. The summed E-state index contributed by atoms with van der Waals surface area (Å²) >= 11 is 1.57. The fourth-order valence-electron chi connectivity index (χ4n) is 2.48. The monoisotopic (exact) mass is 340 g/mol. The van der Waals surface area contributed by atoms with Gasteiger partial charge in [-0.1, -0.05) is 23.8 Å². The second-order valence-electron chi connectivity index (χ2n) is 5.95. The molecule has 0 N–H and O–H groups in total. The van der Waals surface area contributed by atoms with Crippen LogP contribution < -0.4 is 0 Å². The van der Waals surface area contributed by atoms with Crippen molar-refractivity contribution in [2.24, 2.45) is 0 Å². The maximum absolute atomic E-state index is 12.4. The van der Waals surface area contributed by atoms with Gasteiger partial charge in [0.2, 0.25) is 5.91 Å². The molecule has 2 heterocycles. The summed E-state index contributed by atoms with van der Waals surface area (Å²) in [5, 5.41) is 2.91. The van der Waals surface area contributed by atoms with Crippen LogP contribution in [0.5, 0.6) is 0 Å². The molecule has 0 spiro atoms. The Hall–Kier alpha value is -2.40. The van der Waals surface area contributed by atoms with Crippen molar-refractivity contribution < 1.29 is 9.21 Å². The first-order chi connectivity index (χ1) is 11.5. The van der Waals surface area contributed by atoms with Gasteiger partial charge in [0, 0.05) is 18.0 Å². The van der Waals surface area contributed by atoms with Crippen LogP contribution in [0.15, 0.2) is 46.2 Å². The zero-order chi connectivity index (χ0) is 17.1. The molecule has 3 rings (SSSR count). The zero-order valence-electron chi connectivity index (χ0n) is 14.1. The van der Waals surface area contributed by atoms with Crippen LogP contribution in [-0.2, 0) is 17.8 Å². The molecule has 3 aromatic rings. The van der Waals surface area contributed by atoms with Crippen molar-refractivity contribution >= 4 is 17.2 Å². The first kappa shape index (κ1) is 16.5. The number of hydrogen-bond donors (Lipinski definition) is 0. The summed E-state index contributed by atoms with van der Waals surface area (Å²) in [7, 11) is 1.79. The number of hydrogen-bond acceptors (Lipinski definition) is 4. The molecule has 5 heteroatoms. The van der Waals surface area contributed by atoms with Crippen LogP contribution in [0.4, 0.5) is 0 Å². The van der Waals surface area contributed by atoms with Gasteiger partial charge >= 0.3 is 0 Å². The van der Waals surface area contributed by atoms with E-state index in [2.05, 4.69) is 24.0 Å². The highest BCUT2D eigenvalue weighted by Gasteiger charge is 2.14. The lowest BCUT2D eigenvalue weighted by atomic mass is 10.1. The van der Waals surface area contributed by atoms with Crippen molar-refractivity contribution in [3.8, 4) is 10.6 Å². The predicted octanol–water partition coefficient (Wildman–Crippen LogP) is 4.22. The Morgan fingerprint density at radius 2 is 2.08 bits per heavy atom. The third-order valence-corrected chi connectivity index (χ3v) is 4.70. The van der Waals surface area contributed by atoms with Crippen LogP contribution in [0.2, 0.25) is 0 Å². The fraction of sp³-hybridized carbons (Fsp3) is 0.263. The number of rotatable bonds is 5. The Morgan fingerprint density at radius 3 is 2.79 bits per heavy atom. The Balaban J connectivity index is 1.64. The van der Waals surface area contributed by atoms with Gasteiger partial charge in [-0.2, -0.15) is 0 Å². The highest BCUT2D eigenvalue weighted by molar-refractivity contribution is 7.13. The highest BCUT2D eigenvalue weighted by atomic mass is 32.1. The van der Waals surface area contributed by atoms with E-state index in [4.69, 9.17) is 4.42 Å². The van der Waals surface area contributed by atoms with Gasteiger partial charge in [0.25, 0.3) is 0 Å². The second kappa shape index (κ2) is 7.01. The summed E-state index contributed by atoms with van der Waals surface area (Å²) in [4.78, 5) is 18.6. The van der Waals surface area contributed by atoms with E-state index >= 15 is 0 Å². The van der Waals surface area contributed by atoms with E-state index in [1.165, 1.54) is 5.56 Å². The van der Waals surface area contributed by atoms with E-state index < -0.39 is 0 Å². The normalized spacial score (nSPS) is 10.8. The molecule has 0 radical (unpaired) electrons. The number of amides is 1. The molecule has 0 aliphatic heterocycles. The molecule has 0 saturated heterocycles. The van der Waals surface area contributed by atoms with Gasteiger partial charge in [0.05, 0.1) is 18.7 Å². The van der Waals surface area contributed by atoms with Gasteiger partial charge in [-0.05, 0) is 32.0 Å². The average Bonchev–Trinajstić information content (AvgIpc) is 3.16. The number of thiazole rings is 1. The van der Waals surface area contributed by atoms with Crippen molar-refractivity contribution in [1.29, 1.82) is 0 Å². The van der Waals surface area contributed by atoms with E-state index in [1.807, 2.05) is 36.6 Å². The summed E-state index contributed by atoms with van der Waals surface area (Å²) in [5.74, 6) is 1.68. The minimum atomic E-state index is 0.0325. The fourth-order valence-corrected chi connectivity index (χ4v) is 3.30. The van der Waals surface area contributed by atoms with Crippen molar-refractivity contribution in [3.63, 3.8) is 0 Å². The van der Waals surface area contributed by atoms with Crippen LogP contribution in [0.3, 0.4) is 0 Å². The van der Waals surface area contributed by atoms with E-state index in [0.29, 0.717) is 13.0 Å². The first-order valence-corrected chi connectivity index (χ1v) is 8.70. The molecule has 24 heavy (non-hydrogen) atoms. The summed E-state index contributed by atoms with van der Waals surface area (Å²) in [6, 6.07) is 12.0. The van der Waals surface area contributed by atoms with Crippen LogP contribution in [-0.4, -0.2) is 22.8 Å². The van der Waals surface area contributed by atoms with Gasteiger partial charge in [0.15, 0.2) is 0 Å². The molecule has 0 aliphatic carbocycles. The molecule has 0 saturated carbocycles. The first-order valence-electron chi connectivity index (χ1n) is 7.82. The van der Waals surface area contributed by atoms with Crippen LogP contribution in [0.25, 0.3) is 10.6 Å². The van der Waals surface area contributed by atoms with Crippen molar-refractivity contribution in [1.82, 2.24) is 9.88 Å². The molecular formula is C19H20N2O2S. The van der Waals surface area contributed by atoms with Crippen LogP contribution >= 0.6 is 11.3 Å². The predicted molar refractivity (Wildman–Crippen MR) is 95.9 cm³/mol. The Labute approximate surface area is 145 Å². The summed E-state index contributed by atoms with van der Waals surface area (Å²) in [6.07, 6.45) is 0.304. The van der Waals surface area contributed by atoms with Crippen molar-refractivity contribution in [2.45, 2.75) is 26.8 Å². The number of aryl methyl sites for hydroxylation is 2. The van der Waals surface area contributed by atoms with Gasteiger partial charge in [-0.3, -0.25) is 4.79 Å². The molecule has 2 aromatic heterocycles. The molecule has 0 bridgehead atoms. The molecule has 1 aromatic carbocycles. The number of carbonyl (C=O) groups excluding carboxylic acids is 1. The molecule has 4 nitrogen and oxygen atoms in total. The third-order valence-electron chi connectivity index (χ3n) is 3.76. The summed E-state index contributed by atoms with van der Waals surface area (Å²) < 4.78 is 5.52. The van der Waals surface area contributed by atoms with Gasteiger partial charge < -0.3 is 9.32 Å². The maximum atomic E-state index is 12.4. The quantitative estimate of drug-likeness (QED) is 0.698. The second-order valence-corrected chi connectivity index (χ2v) is 6.81. The van der Waals surface area contributed by atoms with E-state index in [0.717, 1.165) is 27.8 Å². The minimum Gasteiger partial charge on any atom is -0.464 e. The summed E-state index contributed by atoms with van der Waals surface area (Å²) in [5.41, 5.74) is 3.11. The third kappa shape index (κ3) is 3.92. The lowest BCUT2D eigenvalue weighted by Gasteiger charge is -2.14. The largest absolute Gasteiger partial charge is 0.464 e. The number of carbonyl (C=O) groups is 1. The number of likely N-dealkylation sites (N-methyl/N-ethyl adjacent to an activating group) is 1. The molecule has 0 atom stereocenters. The van der Waals surface area contributed by atoms with Crippen LogP contribution in [0.1, 0.15) is 22.8 Å². The lowest BCUT2D eigenvalue weighted by molar-refractivity contribution is -0.129. The SMILES string of the molecule is Cc1cccc(-c2nc(CC(=O)N(C)Cc3ccc(C)o3)cs2)c1. The van der Waals surface area contributed by atoms with Crippen molar-refractivity contribution in [2.75, 3.05) is 7.05 Å². The Kier molecular flexibility index (Phi) is 4.81. The highest BCUT2D eigenvalue weighted by Crippen LogP contribution is 2.24. The lowest BCUT2D eigenvalue weighted by Crippen LogP contribution is -2.27. The molecule has 0 aliphatic rings. The Morgan fingerprint density at radius 1 is 1.25 bits per heavy atom. The van der Waals surface area contributed by atoms with Crippen LogP contribution in [0, 0.1) is 13.8 Å². The molecule has 124 valence electrons. The van der Waals surface area contributed by atoms with Gasteiger partial charge in [0.1, 0.15) is 16.5 Å². The average molecular weight is 340 g/mol. The van der Waals surface area contributed by atoms with Gasteiger partial charge in [-0.15, -0.1) is 11.3 Å². The standard InChI is InChI=1S/C19H20N2O2S/c1-13-5-4-6-15(9-13)19-20-16(12-24-19)10-18(22)21(3)11-17-8-7-14(2)23-17/h4-9,12H,10-11H2,1-3H3. The molecular weight excluding hydrogens is 320 g/mol. The van der Waals surface area contributed by atoms with Gasteiger partial charge in [-0.25, -0.2) is 4.98 Å². The molecule has 1 amide bonds. The minimum absolute atomic E-state index is 0.0325. The number of furan rings is 1. The topological polar surface area (TPSA) is 46.3 Å². The summed E-state index contributed by atoms with van der Waals surface area (Å²) in [6.45, 7) is 4.43. The van der Waals surface area contributed by atoms with E-state index in [-0.39, 0.29) is 5.91 Å². The van der Waals surface area contributed by atoms with E-state index in [1.54, 1.807) is 23.3 Å². The molecule has 0 fully saturated rings. The number of aromatic nitrogens is 1. The maximum Gasteiger partial charge on any atom is 0.228 e. The van der Waals surface area contributed by atoms with Crippen molar-refractivity contribution in [3.05, 3.63) is 64.6 Å². The number of nitrogens with zero attached hydrogens (tertiary/aromatic N) is 2. The van der Waals surface area contributed by atoms with E-state index in [9.17, 15) is 4.79 Å².